The molecule has 1 aromatic rings. The molecule has 11 heteroatoms. The van der Waals surface area contributed by atoms with Crippen molar-refractivity contribution in [3.8, 4) is 0 Å². The van der Waals surface area contributed by atoms with E-state index in [0.29, 0.717) is 14.6 Å². The van der Waals surface area contributed by atoms with E-state index in [2.05, 4.69) is 15.9 Å². The molecular formula is C16H13BrN2O8. The number of carbonyl (C=O) groups excluding carboxylic acids is 5. The largest absolute Gasteiger partial charge is 0.370 e. The Hall–Kier alpha value is -2.79. The average molecular weight is 441 g/mol. The maximum absolute atomic E-state index is 12.2. The molecular weight excluding hydrogens is 428 g/mol. The molecule has 142 valence electrons. The summed E-state index contributed by atoms with van der Waals surface area (Å²) in [5.74, 6) is -3.82. The SMILES string of the molecule is O=C(ON1C(=O)CCC1=O)c1cc(Br)cc(C(=O)ON2C(=O)CCC2O)c1. The quantitative estimate of drug-likeness (QED) is 0.676. The predicted octanol–water partition coefficient (Wildman–Crippen LogP) is 0.682. The smallest absolute Gasteiger partial charge is 0.363 e. The van der Waals surface area contributed by atoms with Crippen LogP contribution < -0.4 is 0 Å². The van der Waals surface area contributed by atoms with E-state index >= 15 is 0 Å². The van der Waals surface area contributed by atoms with Crippen LogP contribution in [0, 0.1) is 0 Å². The van der Waals surface area contributed by atoms with E-state index in [9.17, 15) is 29.1 Å². The van der Waals surface area contributed by atoms with Crippen LogP contribution in [-0.2, 0) is 24.1 Å². The van der Waals surface area contributed by atoms with Crippen LogP contribution >= 0.6 is 15.9 Å². The summed E-state index contributed by atoms with van der Waals surface area (Å²) in [5, 5.41) is 10.6. The minimum absolute atomic E-state index is 0.0440. The van der Waals surface area contributed by atoms with E-state index < -0.39 is 35.9 Å². The molecule has 1 N–H and O–H groups in total. The molecule has 2 aliphatic heterocycles. The summed E-state index contributed by atoms with van der Waals surface area (Å²) in [4.78, 5) is 68.8. The van der Waals surface area contributed by atoms with Crippen molar-refractivity contribution < 1.29 is 38.8 Å². The van der Waals surface area contributed by atoms with Gasteiger partial charge in [0.25, 0.3) is 17.7 Å². The highest BCUT2D eigenvalue weighted by molar-refractivity contribution is 9.10. The molecule has 3 amide bonds. The number of amides is 3. The van der Waals surface area contributed by atoms with Crippen molar-refractivity contribution in [2.75, 3.05) is 0 Å². The summed E-state index contributed by atoms with van der Waals surface area (Å²) < 4.78 is 0.316. The van der Waals surface area contributed by atoms with E-state index in [1.54, 1.807) is 0 Å². The number of hydroxylamine groups is 4. The van der Waals surface area contributed by atoms with Crippen LogP contribution in [0.2, 0.25) is 0 Å². The molecule has 2 fully saturated rings. The molecule has 10 nitrogen and oxygen atoms in total. The number of hydrogen-bond donors (Lipinski definition) is 1. The third-order valence-electron chi connectivity index (χ3n) is 3.86. The van der Waals surface area contributed by atoms with Gasteiger partial charge in [0.1, 0.15) is 0 Å². The second kappa shape index (κ2) is 7.45. The molecule has 27 heavy (non-hydrogen) atoms. The van der Waals surface area contributed by atoms with Gasteiger partial charge in [0.15, 0.2) is 6.23 Å². The number of nitrogens with zero attached hydrogens (tertiary/aromatic N) is 2. The fourth-order valence-corrected chi connectivity index (χ4v) is 3.01. The zero-order valence-corrected chi connectivity index (χ0v) is 15.3. The van der Waals surface area contributed by atoms with Crippen LogP contribution in [0.1, 0.15) is 46.4 Å². The number of halogens is 1. The second-order valence-corrected chi connectivity index (χ2v) is 6.72. The highest BCUT2D eigenvalue weighted by Gasteiger charge is 2.35. The highest BCUT2D eigenvalue weighted by atomic mass is 79.9. The van der Waals surface area contributed by atoms with Crippen molar-refractivity contribution in [2.24, 2.45) is 0 Å². The summed E-state index contributed by atoms with van der Waals surface area (Å²) in [6.45, 7) is 0. The van der Waals surface area contributed by atoms with Gasteiger partial charge < -0.3 is 14.8 Å². The first-order chi connectivity index (χ1) is 12.8. The Morgan fingerprint density at radius 2 is 1.48 bits per heavy atom. The molecule has 1 aromatic carbocycles. The lowest BCUT2D eigenvalue weighted by Crippen LogP contribution is -2.35. The van der Waals surface area contributed by atoms with Gasteiger partial charge in [0.05, 0.1) is 11.1 Å². The third kappa shape index (κ3) is 3.98. The summed E-state index contributed by atoms with van der Waals surface area (Å²) in [6, 6.07) is 3.77. The van der Waals surface area contributed by atoms with Crippen molar-refractivity contribution in [3.05, 3.63) is 33.8 Å². The highest BCUT2D eigenvalue weighted by Crippen LogP contribution is 2.22. The van der Waals surface area contributed by atoms with Gasteiger partial charge >= 0.3 is 11.9 Å². The molecule has 2 saturated heterocycles. The first-order valence-electron chi connectivity index (χ1n) is 7.87. The number of carbonyl (C=O) groups is 5. The number of benzene rings is 1. The molecule has 1 unspecified atom stereocenters. The van der Waals surface area contributed by atoms with E-state index in [-0.39, 0.29) is 36.8 Å². The molecule has 2 aliphatic rings. The zero-order valence-electron chi connectivity index (χ0n) is 13.7. The zero-order chi connectivity index (χ0) is 19.7. The Morgan fingerprint density at radius 1 is 0.926 bits per heavy atom. The van der Waals surface area contributed by atoms with Gasteiger partial charge in [-0.05, 0) is 18.2 Å². The minimum atomic E-state index is -1.23. The lowest BCUT2D eigenvalue weighted by atomic mass is 10.1. The number of hydrogen-bond acceptors (Lipinski definition) is 8. The maximum Gasteiger partial charge on any atom is 0.363 e. The van der Waals surface area contributed by atoms with Crippen LogP contribution in [0.25, 0.3) is 0 Å². The standard InChI is InChI=1S/C16H13BrN2O8/c17-10-6-8(15(24)26-18-11(20)1-2-12(18)21)5-9(7-10)16(25)27-19-13(22)3-4-14(19)23/h5-7,11,20H,1-4H2. The fourth-order valence-electron chi connectivity index (χ4n) is 2.52. The Balaban J connectivity index is 1.76. The third-order valence-corrected chi connectivity index (χ3v) is 4.32. The Morgan fingerprint density at radius 3 is 2.00 bits per heavy atom. The average Bonchev–Trinajstić information content (AvgIpc) is 3.11. The number of aliphatic hydroxyl groups is 1. The lowest BCUT2D eigenvalue weighted by molar-refractivity contribution is -0.191. The van der Waals surface area contributed by atoms with E-state index in [4.69, 9.17) is 9.68 Å². The van der Waals surface area contributed by atoms with E-state index in [1.807, 2.05) is 0 Å². The first kappa shape index (κ1) is 19.0. The van der Waals surface area contributed by atoms with Crippen molar-refractivity contribution in [3.63, 3.8) is 0 Å². The van der Waals surface area contributed by atoms with Gasteiger partial charge in [-0.3, -0.25) is 14.4 Å². The molecule has 2 heterocycles. The van der Waals surface area contributed by atoms with Gasteiger partial charge in [-0.2, -0.15) is 0 Å². The normalized spacial score (nSPS) is 19.6. The fraction of sp³-hybridized carbons (Fsp3) is 0.312. The van der Waals surface area contributed by atoms with Gasteiger partial charge in [0.2, 0.25) is 0 Å². The Kier molecular flexibility index (Phi) is 5.24. The summed E-state index contributed by atoms with van der Waals surface area (Å²) >= 11 is 3.13. The van der Waals surface area contributed by atoms with Crippen LogP contribution in [-0.4, -0.2) is 51.1 Å². The predicted molar refractivity (Wildman–Crippen MR) is 88.1 cm³/mol. The molecule has 0 radical (unpaired) electrons. The van der Waals surface area contributed by atoms with Gasteiger partial charge in [-0.25, -0.2) is 9.59 Å². The topological polar surface area (TPSA) is 131 Å². The van der Waals surface area contributed by atoms with Crippen LogP contribution in [0.4, 0.5) is 0 Å². The molecule has 0 bridgehead atoms. The Labute approximate surface area is 160 Å². The second-order valence-electron chi connectivity index (χ2n) is 5.81. The first-order valence-corrected chi connectivity index (χ1v) is 8.66. The summed E-state index contributed by atoms with van der Waals surface area (Å²) in [6.07, 6.45) is -1.14. The maximum atomic E-state index is 12.2. The molecule has 3 rings (SSSR count). The number of imide groups is 1. The molecule has 0 aromatic heterocycles. The minimum Gasteiger partial charge on any atom is -0.370 e. The molecule has 0 spiro atoms. The molecule has 0 aliphatic carbocycles. The van der Waals surface area contributed by atoms with Gasteiger partial charge in [-0.1, -0.05) is 15.9 Å². The number of aliphatic hydroxyl groups excluding tert-OH is 1. The van der Waals surface area contributed by atoms with Crippen molar-refractivity contribution in [1.29, 1.82) is 0 Å². The Bertz CT molecular complexity index is 839. The monoisotopic (exact) mass is 440 g/mol. The van der Waals surface area contributed by atoms with Crippen molar-refractivity contribution >= 4 is 45.6 Å². The van der Waals surface area contributed by atoms with Crippen LogP contribution in [0.15, 0.2) is 22.7 Å². The van der Waals surface area contributed by atoms with Gasteiger partial charge in [-0.15, -0.1) is 10.1 Å². The summed E-state index contributed by atoms with van der Waals surface area (Å²) in [5.41, 5.74) is -0.237. The molecule has 0 saturated carbocycles. The van der Waals surface area contributed by atoms with Crippen molar-refractivity contribution in [1.82, 2.24) is 10.1 Å². The lowest BCUT2D eigenvalue weighted by Gasteiger charge is -2.19. The molecule has 1 atom stereocenters. The van der Waals surface area contributed by atoms with Gasteiger partial charge in [0, 0.05) is 30.2 Å². The van der Waals surface area contributed by atoms with Crippen LogP contribution in [0.3, 0.4) is 0 Å². The number of rotatable bonds is 4. The van der Waals surface area contributed by atoms with Crippen molar-refractivity contribution in [2.45, 2.75) is 31.9 Å². The van der Waals surface area contributed by atoms with E-state index in [0.717, 1.165) is 6.07 Å². The summed E-state index contributed by atoms with van der Waals surface area (Å²) in [7, 11) is 0. The van der Waals surface area contributed by atoms with E-state index in [1.165, 1.54) is 12.1 Å². The van der Waals surface area contributed by atoms with Crippen LogP contribution in [0.5, 0.6) is 0 Å².